The van der Waals surface area contributed by atoms with Crippen LogP contribution in [0.2, 0.25) is 0 Å². The van der Waals surface area contributed by atoms with E-state index in [1.165, 1.54) is 4.90 Å². The molecule has 3 heterocycles. The lowest BCUT2D eigenvalue weighted by molar-refractivity contribution is -0.139. The van der Waals surface area contributed by atoms with Gasteiger partial charge in [0.15, 0.2) is 11.5 Å². The van der Waals surface area contributed by atoms with E-state index in [0.717, 1.165) is 6.07 Å². The van der Waals surface area contributed by atoms with Gasteiger partial charge in [-0.3, -0.25) is 0 Å². The van der Waals surface area contributed by atoms with Gasteiger partial charge in [-0.2, -0.15) is 13.2 Å². The number of carbonyl (C=O) groups is 1. The molecule has 0 fully saturated rings. The lowest BCUT2D eigenvalue weighted by Crippen LogP contribution is -2.44. The van der Waals surface area contributed by atoms with Gasteiger partial charge in [-0.1, -0.05) is 5.16 Å². The molecule has 0 spiro atoms. The Labute approximate surface area is 167 Å². The fourth-order valence-corrected chi connectivity index (χ4v) is 3.26. The molecule has 0 unspecified atom stereocenters. The van der Waals surface area contributed by atoms with Crippen LogP contribution >= 0.6 is 0 Å². The van der Waals surface area contributed by atoms with Crippen molar-refractivity contribution in [2.75, 3.05) is 5.32 Å². The summed E-state index contributed by atoms with van der Waals surface area (Å²) in [7, 11) is 0. The van der Waals surface area contributed by atoms with E-state index in [9.17, 15) is 22.4 Å². The highest BCUT2D eigenvalue weighted by Gasteiger charge is 2.35. The highest BCUT2D eigenvalue weighted by Crippen LogP contribution is 2.34. The highest BCUT2D eigenvalue weighted by molar-refractivity contribution is 5.90. The van der Waals surface area contributed by atoms with E-state index in [1.54, 1.807) is 25.4 Å². The van der Waals surface area contributed by atoms with Gasteiger partial charge in [0.25, 0.3) is 0 Å². The van der Waals surface area contributed by atoms with Gasteiger partial charge in [0, 0.05) is 36.1 Å². The SMILES string of the molecule is C[C@H]1Cc2onc(-c3ncccn3)c2CN1C(=O)Nc1ccc(F)c(C(F)(F)F)c1. The molecule has 0 aliphatic carbocycles. The average Bonchev–Trinajstić information content (AvgIpc) is 3.11. The molecule has 11 heteroatoms. The first-order chi connectivity index (χ1) is 14.2. The number of amides is 2. The number of nitrogens with one attached hydrogen (secondary N) is 1. The lowest BCUT2D eigenvalue weighted by atomic mass is 10.0. The summed E-state index contributed by atoms with van der Waals surface area (Å²) in [6.07, 6.45) is -1.41. The quantitative estimate of drug-likeness (QED) is 0.625. The van der Waals surface area contributed by atoms with Crippen molar-refractivity contribution in [2.24, 2.45) is 0 Å². The maximum atomic E-state index is 13.5. The van der Waals surface area contributed by atoms with Gasteiger partial charge >= 0.3 is 12.2 Å². The van der Waals surface area contributed by atoms with Crippen LogP contribution in [0.4, 0.5) is 28.0 Å². The fraction of sp³-hybridized carbons (Fsp3) is 0.263. The molecule has 3 aromatic rings. The van der Waals surface area contributed by atoms with Crippen LogP contribution in [0.15, 0.2) is 41.2 Å². The maximum absolute atomic E-state index is 13.5. The molecule has 1 N–H and O–H groups in total. The van der Waals surface area contributed by atoms with Crippen LogP contribution in [0.5, 0.6) is 0 Å². The third-order valence-electron chi connectivity index (χ3n) is 4.77. The normalized spacial score (nSPS) is 16.3. The molecule has 156 valence electrons. The standard InChI is InChI=1S/C19H15F4N5O2/c1-10-7-15-12(16(27-30-15)17-24-5-2-6-25-17)9-28(10)18(29)26-11-3-4-14(20)13(8-11)19(21,22)23/h2-6,8,10H,7,9H2,1H3,(H,26,29)/t10-/m0/s1. The number of alkyl halides is 3. The molecule has 1 aliphatic rings. The smallest absolute Gasteiger partial charge is 0.360 e. The Bertz CT molecular complexity index is 1080. The Hall–Kier alpha value is -3.50. The number of hydrogen-bond donors (Lipinski definition) is 1. The number of nitrogens with zero attached hydrogens (tertiary/aromatic N) is 4. The van der Waals surface area contributed by atoms with Crippen molar-refractivity contribution in [3.8, 4) is 11.5 Å². The number of anilines is 1. The summed E-state index contributed by atoms with van der Waals surface area (Å²) in [4.78, 5) is 22.5. The molecule has 2 aromatic heterocycles. The molecule has 1 atom stereocenters. The molecule has 4 rings (SSSR count). The van der Waals surface area contributed by atoms with Crippen molar-refractivity contribution in [1.82, 2.24) is 20.0 Å². The Balaban J connectivity index is 1.58. The summed E-state index contributed by atoms with van der Waals surface area (Å²) in [6.45, 7) is 1.88. The Morgan fingerprint density at radius 1 is 1.27 bits per heavy atom. The van der Waals surface area contributed by atoms with Gasteiger partial charge in [-0.05, 0) is 31.2 Å². The number of halogens is 4. The van der Waals surface area contributed by atoms with E-state index in [4.69, 9.17) is 4.52 Å². The van der Waals surface area contributed by atoms with Crippen molar-refractivity contribution in [2.45, 2.75) is 32.1 Å². The molecule has 30 heavy (non-hydrogen) atoms. The minimum atomic E-state index is -4.87. The van der Waals surface area contributed by atoms with E-state index in [0.29, 0.717) is 41.4 Å². The summed E-state index contributed by atoms with van der Waals surface area (Å²) in [6, 6.07) is 3.02. The number of aromatic nitrogens is 3. The molecule has 1 aliphatic heterocycles. The van der Waals surface area contributed by atoms with Gasteiger partial charge in [-0.15, -0.1) is 0 Å². The maximum Gasteiger partial charge on any atom is 0.419 e. The first kappa shape index (κ1) is 19.8. The molecular formula is C19H15F4N5O2. The predicted octanol–water partition coefficient (Wildman–Crippen LogP) is 4.27. The van der Waals surface area contributed by atoms with Crippen molar-refractivity contribution in [3.05, 3.63) is 59.4 Å². The van der Waals surface area contributed by atoms with E-state index in [2.05, 4.69) is 20.4 Å². The first-order valence-electron chi connectivity index (χ1n) is 8.93. The van der Waals surface area contributed by atoms with Crippen LogP contribution in [-0.4, -0.2) is 32.1 Å². The number of fused-ring (bicyclic) bond motifs is 1. The molecule has 0 radical (unpaired) electrons. The second-order valence-electron chi connectivity index (χ2n) is 6.81. The van der Waals surface area contributed by atoms with Crippen LogP contribution in [-0.2, 0) is 19.1 Å². The van der Waals surface area contributed by atoms with Crippen LogP contribution in [0.3, 0.4) is 0 Å². The largest absolute Gasteiger partial charge is 0.419 e. The molecule has 1 aromatic carbocycles. The topological polar surface area (TPSA) is 84.2 Å². The first-order valence-corrected chi connectivity index (χ1v) is 8.93. The molecular weight excluding hydrogens is 406 g/mol. The van der Waals surface area contributed by atoms with Crippen LogP contribution in [0.1, 0.15) is 23.8 Å². The van der Waals surface area contributed by atoms with Gasteiger partial charge < -0.3 is 14.7 Å². The second-order valence-corrected chi connectivity index (χ2v) is 6.81. The van der Waals surface area contributed by atoms with E-state index < -0.39 is 23.6 Å². The summed E-state index contributed by atoms with van der Waals surface area (Å²) < 4.78 is 57.6. The Morgan fingerprint density at radius 3 is 2.70 bits per heavy atom. The van der Waals surface area contributed by atoms with Crippen molar-refractivity contribution in [3.63, 3.8) is 0 Å². The van der Waals surface area contributed by atoms with Crippen molar-refractivity contribution < 1.29 is 26.9 Å². The lowest BCUT2D eigenvalue weighted by Gasteiger charge is -2.32. The fourth-order valence-electron chi connectivity index (χ4n) is 3.26. The summed E-state index contributed by atoms with van der Waals surface area (Å²) in [5.74, 6) is -0.477. The molecule has 0 saturated heterocycles. The Kier molecular flexibility index (Phi) is 4.88. The van der Waals surface area contributed by atoms with Gasteiger partial charge in [-0.25, -0.2) is 19.2 Å². The predicted molar refractivity (Wildman–Crippen MR) is 96.7 cm³/mol. The van der Waals surface area contributed by atoms with Crippen LogP contribution in [0.25, 0.3) is 11.5 Å². The Morgan fingerprint density at radius 2 is 2.00 bits per heavy atom. The zero-order valence-electron chi connectivity index (χ0n) is 15.6. The van der Waals surface area contributed by atoms with Gasteiger partial charge in [0.2, 0.25) is 0 Å². The van der Waals surface area contributed by atoms with Gasteiger partial charge in [0.05, 0.1) is 12.1 Å². The molecule has 7 nitrogen and oxygen atoms in total. The minimum absolute atomic E-state index is 0.104. The van der Waals surface area contributed by atoms with E-state index in [1.807, 2.05) is 0 Å². The minimum Gasteiger partial charge on any atom is -0.360 e. The van der Waals surface area contributed by atoms with Crippen molar-refractivity contribution in [1.29, 1.82) is 0 Å². The summed E-state index contributed by atoms with van der Waals surface area (Å²) in [5, 5.41) is 6.41. The number of hydrogen-bond acceptors (Lipinski definition) is 5. The molecule has 2 amide bonds. The summed E-state index contributed by atoms with van der Waals surface area (Å²) >= 11 is 0. The molecule has 0 bridgehead atoms. The van der Waals surface area contributed by atoms with E-state index >= 15 is 0 Å². The monoisotopic (exact) mass is 421 g/mol. The second kappa shape index (κ2) is 7.39. The molecule has 0 saturated carbocycles. The highest BCUT2D eigenvalue weighted by atomic mass is 19.4. The zero-order chi connectivity index (χ0) is 21.5. The number of rotatable bonds is 2. The average molecular weight is 421 g/mol. The third kappa shape index (κ3) is 3.70. The van der Waals surface area contributed by atoms with Crippen LogP contribution in [0, 0.1) is 5.82 Å². The van der Waals surface area contributed by atoms with Crippen molar-refractivity contribution >= 4 is 11.7 Å². The van der Waals surface area contributed by atoms with Gasteiger partial charge in [0.1, 0.15) is 11.6 Å². The number of carbonyl (C=O) groups excluding carboxylic acids is 1. The zero-order valence-corrected chi connectivity index (χ0v) is 15.6. The number of benzene rings is 1. The summed E-state index contributed by atoms with van der Waals surface area (Å²) in [5.41, 5.74) is -0.582. The van der Waals surface area contributed by atoms with Crippen LogP contribution < -0.4 is 5.32 Å². The van der Waals surface area contributed by atoms with E-state index in [-0.39, 0.29) is 18.3 Å². The number of urea groups is 1. The third-order valence-corrected chi connectivity index (χ3v) is 4.77.